The van der Waals surface area contributed by atoms with Gasteiger partial charge < -0.3 is 4.74 Å². The summed E-state index contributed by atoms with van der Waals surface area (Å²) >= 11 is 0. The van der Waals surface area contributed by atoms with Crippen LogP contribution in [0.5, 0.6) is 0 Å². The lowest BCUT2D eigenvalue weighted by atomic mass is 10.4. The van der Waals surface area contributed by atoms with E-state index in [0.29, 0.717) is 12.2 Å². The maximum atomic E-state index is 10.4. The normalized spacial score (nSPS) is 6.57. The highest BCUT2D eigenvalue weighted by molar-refractivity contribution is 5.86. The molecule has 0 heterocycles. The number of esters is 1. The summed E-state index contributed by atoms with van der Waals surface area (Å²) in [6.45, 7) is 14.7. The van der Waals surface area contributed by atoms with E-state index in [-0.39, 0.29) is 20.8 Å². The molecule has 0 aromatic heterocycles. The van der Waals surface area contributed by atoms with Gasteiger partial charge in [0.25, 0.3) is 0 Å². The Bertz CT molecular complexity index is 165. The van der Waals surface area contributed by atoms with E-state index in [1.807, 2.05) is 13.8 Å². The molecule has 0 fully saturated rings. The van der Waals surface area contributed by atoms with Crippen molar-refractivity contribution in [1.82, 2.24) is 0 Å². The average molecular weight is 202 g/mol. The molecule has 0 bridgehead atoms. The summed E-state index contributed by atoms with van der Waals surface area (Å²) in [5.41, 5.74) is 1.62. The fourth-order valence-electron chi connectivity index (χ4n) is 0.254. The van der Waals surface area contributed by atoms with Crippen LogP contribution in [-0.2, 0) is 9.53 Å². The van der Waals surface area contributed by atoms with Crippen LogP contribution >= 0.6 is 0 Å². The zero-order chi connectivity index (χ0) is 10.1. The molecule has 0 N–H and O–H groups in total. The third kappa shape index (κ3) is 30.6. The predicted octanol–water partition coefficient (Wildman–Crippen LogP) is 3.98. The van der Waals surface area contributed by atoms with Crippen molar-refractivity contribution in [3.8, 4) is 0 Å². The van der Waals surface area contributed by atoms with E-state index in [2.05, 4.69) is 17.9 Å². The minimum atomic E-state index is -0.312. The van der Waals surface area contributed by atoms with Crippen LogP contribution in [0.25, 0.3) is 0 Å². The van der Waals surface area contributed by atoms with Gasteiger partial charge in [-0.25, -0.2) is 4.79 Å². The van der Waals surface area contributed by atoms with Gasteiger partial charge >= 0.3 is 5.97 Å². The lowest BCUT2D eigenvalue weighted by Gasteiger charge is -1.96. The molecule has 0 aliphatic rings. The molecule has 0 unspecified atom stereocenters. The second-order valence-electron chi connectivity index (χ2n) is 2.71. The molecule has 86 valence electrons. The summed E-state index contributed by atoms with van der Waals surface area (Å²) in [4.78, 5) is 10.4. The Balaban J connectivity index is -0.0000000733. The van der Waals surface area contributed by atoms with E-state index in [9.17, 15) is 4.79 Å². The molecule has 0 aromatic carbocycles. The van der Waals surface area contributed by atoms with Crippen LogP contribution < -0.4 is 0 Å². The smallest absolute Gasteiger partial charge is 0.333 e. The minimum Gasteiger partial charge on any atom is -0.463 e. The number of allylic oxidation sites excluding steroid dienone is 1. The molecule has 14 heavy (non-hydrogen) atoms. The molecular formula is C12H26O2. The van der Waals surface area contributed by atoms with Gasteiger partial charge in [0, 0.05) is 5.57 Å². The molecule has 0 amide bonds. The monoisotopic (exact) mass is 202 g/mol. The van der Waals surface area contributed by atoms with Crippen molar-refractivity contribution < 1.29 is 9.53 Å². The van der Waals surface area contributed by atoms with Crippen LogP contribution in [0.3, 0.4) is 0 Å². The van der Waals surface area contributed by atoms with Crippen molar-refractivity contribution in [3.05, 3.63) is 24.3 Å². The standard InChI is InChI=1S/C6H10O2.C4H8.2CH4/c1-4-8-6(7)5(2)3;1-4(2)3;;/h2,4H2,1,3H3;1H2,2-3H3;2*1H4. The Labute approximate surface area is 89.7 Å². The van der Waals surface area contributed by atoms with Crippen LogP contribution in [0.1, 0.15) is 42.5 Å². The molecule has 0 saturated heterocycles. The van der Waals surface area contributed by atoms with Gasteiger partial charge in [0.15, 0.2) is 0 Å². The van der Waals surface area contributed by atoms with Gasteiger partial charge in [0.05, 0.1) is 6.61 Å². The molecule has 0 aliphatic heterocycles. The van der Waals surface area contributed by atoms with Crippen molar-refractivity contribution >= 4 is 5.97 Å². The van der Waals surface area contributed by atoms with E-state index < -0.39 is 0 Å². The quantitative estimate of drug-likeness (QED) is 0.384. The largest absolute Gasteiger partial charge is 0.463 e. The first kappa shape index (κ1) is 23.1. The maximum absolute atomic E-state index is 10.4. The lowest BCUT2D eigenvalue weighted by molar-refractivity contribution is -0.138. The van der Waals surface area contributed by atoms with E-state index >= 15 is 0 Å². The van der Waals surface area contributed by atoms with Crippen LogP contribution in [0.2, 0.25) is 0 Å². The molecule has 2 nitrogen and oxygen atoms in total. The van der Waals surface area contributed by atoms with Gasteiger partial charge in [0.1, 0.15) is 0 Å². The molecule has 0 rings (SSSR count). The summed E-state index contributed by atoms with van der Waals surface area (Å²) in [6, 6.07) is 0. The van der Waals surface area contributed by atoms with Gasteiger partial charge in [-0.05, 0) is 27.7 Å². The molecule has 2 heteroatoms. The molecule has 0 saturated carbocycles. The highest BCUT2D eigenvalue weighted by atomic mass is 16.5. The summed E-state index contributed by atoms with van der Waals surface area (Å²) in [5, 5.41) is 0. The fourth-order valence-corrected chi connectivity index (χ4v) is 0.254. The molecular weight excluding hydrogens is 176 g/mol. The molecule has 0 aromatic rings. The van der Waals surface area contributed by atoms with Crippen molar-refractivity contribution in [2.24, 2.45) is 0 Å². The Hall–Kier alpha value is -1.05. The van der Waals surface area contributed by atoms with Crippen molar-refractivity contribution in [1.29, 1.82) is 0 Å². The van der Waals surface area contributed by atoms with Gasteiger partial charge in [-0.3, -0.25) is 0 Å². The first-order valence-corrected chi connectivity index (χ1v) is 3.86. The maximum Gasteiger partial charge on any atom is 0.333 e. The number of carbonyl (C=O) groups is 1. The topological polar surface area (TPSA) is 26.3 Å². The second kappa shape index (κ2) is 14.5. The van der Waals surface area contributed by atoms with Crippen molar-refractivity contribution in [2.45, 2.75) is 42.5 Å². The Morgan fingerprint density at radius 3 is 1.50 bits per heavy atom. The van der Waals surface area contributed by atoms with E-state index in [1.165, 1.54) is 5.57 Å². The van der Waals surface area contributed by atoms with E-state index in [4.69, 9.17) is 0 Å². The van der Waals surface area contributed by atoms with E-state index in [0.717, 1.165) is 0 Å². The SMILES string of the molecule is C.C.C=C(C)C.C=C(C)C(=O)OCC. The lowest BCUT2D eigenvalue weighted by Crippen LogP contribution is -2.03. The number of rotatable bonds is 2. The summed E-state index contributed by atoms with van der Waals surface area (Å²) in [5.74, 6) is -0.312. The Kier molecular flexibility index (Phi) is 23.9. The van der Waals surface area contributed by atoms with Gasteiger partial charge in [-0.2, -0.15) is 0 Å². The highest BCUT2D eigenvalue weighted by Gasteiger charge is 1.98. The minimum absolute atomic E-state index is 0. The zero-order valence-electron chi connectivity index (χ0n) is 8.44. The summed E-state index contributed by atoms with van der Waals surface area (Å²) < 4.78 is 4.56. The number of hydrogen-bond acceptors (Lipinski definition) is 2. The van der Waals surface area contributed by atoms with Crippen LogP contribution in [0, 0.1) is 0 Å². The average Bonchev–Trinajstić information content (AvgIpc) is 1.86. The van der Waals surface area contributed by atoms with Crippen molar-refractivity contribution in [3.63, 3.8) is 0 Å². The second-order valence-corrected chi connectivity index (χ2v) is 2.71. The summed E-state index contributed by atoms with van der Waals surface area (Å²) in [6.07, 6.45) is 0. The third-order valence-electron chi connectivity index (χ3n) is 0.624. The van der Waals surface area contributed by atoms with E-state index in [1.54, 1.807) is 13.8 Å². The molecule has 0 radical (unpaired) electrons. The Morgan fingerprint density at radius 1 is 1.14 bits per heavy atom. The summed E-state index contributed by atoms with van der Waals surface area (Å²) in [7, 11) is 0. The number of carbonyl (C=O) groups excluding carboxylic acids is 1. The number of ether oxygens (including phenoxy) is 1. The third-order valence-corrected chi connectivity index (χ3v) is 0.624. The molecule has 0 spiro atoms. The molecule has 0 aliphatic carbocycles. The van der Waals surface area contributed by atoms with Crippen molar-refractivity contribution in [2.75, 3.05) is 6.61 Å². The van der Waals surface area contributed by atoms with Gasteiger partial charge in [-0.1, -0.05) is 27.0 Å². The molecule has 0 atom stereocenters. The van der Waals surface area contributed by atoms with Crippen LogP contribution in [0.4, 0.5) is 0 Å². The predicted molar refractivity (Wildman–Crippen MR) is 65.4 cm³/mol. The highest BCUT2D eigenvalue weighted by Crippen LogP contribution is 1.89. The first-order chi connectivity index (χ1) is 5.41. The fraction of sp³-hybridized carbons (Fsp3) is 0.583. The zero-order valence-corrected chi connectivity index (χ0v) is 8.44. The first-order valence-electron chi connectivity index (χ1n) is 3.86. The van der Waals surface area contributed by atoms with Crippen LogP contribution in [0.15, 0.2) is 24.3 Å². The van der Waals surface area contributed by atoms with Crippen LogP contribution in [-0.4, -0.2) is 12.6 Å². The van der Waals surface area contributed by atoms with Gasteiger partial charge in [0.2, 0.25) is 0 Å². The Morgan fingerprint density at radius 2 is 1.43 bits per heavy atom. The number of hydrogen-bond donors (Lipinski definition) is 0. The van der Waals surface area contributed by atoms with Gasteiger partial charge in [-0.15, -0.1) is 6.58 Å².